The molecule has 0 aromatic heterocycles. The van der Waals surface area contributed by atoms with E-state index in [9.17, 15) is 9.59 Å². The van der Waals surface area contributed by atoms with Gasteiger partial charge in [-0.1, -0.05) is 60.7 Å². The number of carbonyl (C=O) groups is 2. The molecule has 0 saturated carbocycles. The summed E-state index contributed by atoms with van der Waals surface area (Å²) in [5.41, 5.74) is 1.58. The standard InChI is InChI=1S/C20H21NO3/c22-19(17-11-5-2-6-12-17)18-13-7-8-14-21(18)20(23)24-15-16-9-3-1-4-10-16/h1-6,9-12,18H,7-8,13-15H2. The van der Waals surface area contributed by atoms with Crippen molar-refractivity contribution in [2.24, 2.45) is 0 Å². The van der Waals surface area contributed by atoms with Gasteiger partial charge in [0, 0.05) is 12.1 Å². The minimum atomic E-state index is -0.426. The van der Waals surface area contributed by atoms with Crippen molar-refractivity contribution in [1.82, 2.24) is 4.90 Å². The lowest BCUT2D eigenvalue weighted by Crippen LogP contribution is -2.48. The van der Waals surface area contributed by atoms with Gasteiger partial charge in [0.05, 0.1) is 6.04 Å². The molecule has 4 nitrogen and oxygen atoms in total. The van der Waals surface area contributed by atoms with Crippen LogP contribution in [0.1, 0.15) is 35.2 Å². The van der Waals surface area contributed by atoms with Gasteiger partial charge in [0.25, 0.3) is 0 Å². The number of rotatable bonds is 4. The number of ether oxygens (including phenoxy) is 1. The van der Waals surface area contributed by atoms with Crippen LogP contribution in [0.15, 0.2) is 60.7 Å². The van der Waals surface area contributed by atoms with Crippen molar-refractivity contribution in [3.8, 4) is 0 Å². The maximum Gasteiger partial charge on any atom is 0.410 e. The lowest BCUT2D eigenvalue weighted by molar-refractivity contribution is 0.0564. The van der Waals surface area contributed by atoms with E-state index in [0.717, 1.165) is 18.4 Å². The number of nitrogens with zero attached hydrogens (tertiary/aromatic N) is 1. The van der Waals surface area contributed by atoms with Crippen LogP contribution in [0.25, 0.3) is 0 Å². The van der Waals surface area contributed by atoms with E-state index < -0.39 is 12.1 Å². The molecule has 0 bridgehead atoms. The zero-order valence-electron chi connectivity index (χ0n) is 13.6. The summed E-state index contributed by atoms with van der Waals surface area (Å²) in [4.78, 5) is 26.8. The van der Waals surface area contributed by atoms with Crippen LogP contribution in [0.5, 0.6) is 0 Å². The van der Waals surface area contributed by atoms with Crippen LogP contribution in [0.4, 0.5) is 4.79 Å². The topological polar surface area (TPSA) is 46.6 Å². The summed E-state index contributed by atoms with van der Waals surface area (Å²) in [5, 5.41) is 0. The van der Waals surface area contributed by atoms with Crippen molar-refractivity contribution in [1.29, 1.82) is 0 Å². The van der Waals surface area contributed by atoms with Gasteiger partial charge in [0.1, 0.15) is 6.61 Å². The average molecular weight is 323 g/mol. The highest BCUT2D eigenvalue weighted by Crippen LogP contribution is 2.22. The van der Waals surface area contributed by atoms with Gasteiger partial charge in [-0.3, -0.25) is 9.69 Å². The van der Waals surface area contributed by atoms with Gasteiger partial charge in [-0.05, 0) is 24.8 Å². The summed E-state index contributed by atoms with van der Waals surface area (Å²) in [6, 6.07) is 18.3. The highest BCUT2D eigenvalue weighted by Gasteiger charge is 2.33. The van der Waals surface area contributed by atoms with Crippen LogP contribution in [-0.4, -0.2) is 29.4 Å². The first-order valence-corrected chi connectivity index (χ1v) is 8.32. The van der Waals surface area contributed by atoms with Crippen LogP contribution >= 0.6 is 0 Å². The van der Waals surface area contributed by atoms with Crippen LogP contribution in [0.3, 0.4) is 0 Å². The molecule has 1 saturated heterocycles. The molecule has 0 aliphatic carbocycles. The fraction of sp³-hybridized carbons (Fsp3) is 0.300. The fourth-order valence-electron chi connectivity index (χ4n) is 3.02. The van der Waals surface area contributed by atoms with Gasteiger partial charge < -0.3 is 4.74 Å². The predicted molar refractivity (Wildman–Crippen MR) is 91.7 cm³/mol. The number of ketones is 1. The number of hydrogen-bond donors (Lipinski definition) is 0. The molecule has 1 amide bonds. The van der Waals surface area contributed by atoms with E-state index in [1.807, 2.05) is 48.5 Å². The summed E-state index contributed by atoms with van der Waals surface area (Å²) < 4.78 is 5.42. The number of benzene rings is 2. The number of amides is 1. The molecule has 3 rings (SSSR count). The van der Waals surface area contributed by atoms with Gasteiger partial charge in [-0.15, -0.1) is 0 Å². The Morgan fingerprint density at radius 3 is 2.33 bits per heavy atom. The van der Waals surface area contributed by atoms with Gasteiger partial charge in [0.2, 0.25) is 0 Å². The molecule has 0 spiro atoms. The Hall–Kier alpha value is -2.62. The summed E-state index contributed by atoms with van der Waals surface area (Å²) >= 11 is 0. The SMILES string of the molecule is O=C(c1ccccc1)C1CCCCN1C(=O)OCc1ccccc1. The minimum absolute atomic E-state index is 0.00744. The first-order valence-electron chi connectivity index (χ1n) is 8.32. The Labute approximate surface area is 142 Å². The van der Waals surface area contributed by atoms with Crippen molar-refractivity contribution < 1.29 is 14.3 Å². The number of likely N-dealkylation sites (tertiary alicyclic amines) is 1. The summed E-state index contributed by atoms with van der Waals surface area (Å²) in [6.07, 6.45) is 2.13. The molecule has 4 heteroatoms. The molecule has 124 valence electrons. The normalized spacial score (nSPS) is 17.3. The lowest BCUT2D eigenvalue weighted by atomic mass is 9.95. The molecule has 24 heavy (non-hydrogen) atoms. The number of carbonyl (C=O) groups excluding carboxylic acids is 2. The van der Waals surface area contributed by atoms with Crippen LogP contribution < -0.4 is 0 Å². The van der Waals surface area contributed by atoms with E-state index in [1.54, 1.807) is 17.0 Å². The number of piperidine rings is 1. The molecule has 1 fully saturated rings. The van der Waals surface area contributed by atoms with Crippen LogP contribution in [0, 0.1) is 0 Å². The van der Waals surface area contributed by atoms with Crippen molar-refractivity contribution in [2.75, 3.05) is 6.54 Å². The highest BCUT2D eigenvalue weighted by atomic mass is 16.6. The Morgan fingerprint density at radius 2 is 1.62 bits per heavy atom. The zero-order valence-corrected chi connectivity index (χ0v) is 13.6. The van der Waals surface area contributed by atoms with E-state index in [0.29, 0.717) is 18.5 Å². The zero-order chi connectivity index (χ0) is 16.8. The van der Waals surface area contributed by atoms with Crippen molar-refractivity contribution in [3.05, 3.63) is 71.8 Å². The minimum Gasteiger partial charge on any atom is -0.445 e. The molecule has 2 aromatic rings. The smallest absolute Gasteiger partial charge is 0.410 e. The van der Waals surface area contributed by atoms with Crippen LogP contribution in [-0.2, 0) is 11.3 Å². The molecule has 1 atom stereocenters. The Kier molecular flexibility index (Phi) is 5.26. The summed E-state index contributed by atoms with van der Waals surface area (Å²) in [6.45, 7) is 0.791. The summed E-state index contributed by atoms with van der Waals surface area (Å²) in [7, 11) is 0. The van der Waals surface area contributed by atoms with Gasteiger partial charge >= 0.3 is 6.09 Å². The maximum atomic E-state index is 12.7. The second-order valence-corrected chi connectivity index (χ2v) is 5.98. The first kappa shape index (κ1) is 16.2. The first-order chi connectivity index (χ1) is 11.8. The highest BCUT2D eigenvalue weighted by molar-refractivity contribution is 6.01. The molecular formula is C20H21NO3. The van der Waals surface area contributed by atoms with E-state index in [1.165, 1.54) is 0 Å². The third-order valence-electron chi connectivity index (χ3n) is 4.30. The van der Waals surface area contributed by atoms with Crippen LogP contribution in [0.2, 0.25) is 0 Å². The number of Topliss-reactive ketones (excluding diaryl/α,β-unsaturated/α-hetero) is 1. The second-order valence-electron chi connectivity index (χ2n) is 5.98. The van der Waals surface area contributed by atoms with Crippen molar-refractivity contribution >= 4 is 11.9 Å². The molecule has 1 aliphatic heterocycles. The fourth-order valence-corrected chi connectivity index (χ4v) is 3.02. The Bertz CT molecular complexity index is 685. The molecule has 0 N–H and O–H groups in total. The molecule has 1 heterocycles. The molecular weight excluding hydrogens is 302 g/mol. The Morgan fingerprint density at radius 1 is 0.958 bits per heavy atom. The van der Waals surface area contributed by atoms with Gasteiger partial charge in [-0.2, -0.15) is 0 Å². The largest absolute Gasteiger partial charge is 0.445 e. The molecule has 1 unspecified atom stereocenters. The molecule has 0 radical (unpaired) electrons. The third kappa shape index (κ3) is 3.82. The second kappa shape index (κ2) is 7.77. The predicted octanol–water partition coefficient (Wildman–Crippen LogP) is 4.06. The Balaban J connectivity index is 1.67. The summed E-state index contributed by atoms with van der Waals surface area (Å²) in [5.74, 6) is -0.00744. The maximum absolute atomic E-state index is 12.7. The van der Waals surface area contributed by atoms with E-state index >= 15 is 0 Å². The quantitative estimate of drug-likeness (QED) is 0.797. The molecule has 2 aromatic carbocycles. The third-order valence-corrected chi connectivity index (χ3v) is 4.30. The van der Waals surface area contributed by atoms with Gasteiger partial charge in [0.15, 0.2) is 5.78 Å². The number of hydrogen-bond acceptors (Lipinski definition) is 3. The van der Waals surface area contributed by atoms with E-state index in [2.05, 4.69) is 0 Å². The van der Waals surface area contributed by atoms with E-state index in [-0.39, 0.29) is 12.4 Å². The lowest BCUT2D eigenvalue weighted by Gasteiger charge is -2.33. The van der Waals surface area contributed by atoms with E-state index in [4.69, 9.17) is 4.74 Å². The monoisotopic (exact) mass is 323 g/mol. The van der Waals surface area contributed by atoms with Crippen molar-refractivity contribution in [3.63, 3.8) is 0 Å². The molecule has 1 aliphatic rings. The average Bonchev–Trinajstić information content (AvgIpc) is 2.67. The van der Waals surface area contributed by atoms with Crippen molar-refractivity contribution in [2.45, 2.75) is 31.9 Å². The van der Waals surface area contributed by atoms with Gasteiger partial charge in [-0.25, -0.2) is 4.79 Å².